The minimum Gasteiger partial charge on any atom is -0.351 e. The minimum atomic E-state index is -3.49. The smallest absolute Gasteiger partial charge is 0.267 e. The summed E-state index contributed by atoms with van der Waals surface area (Å²) < 4.78 is 24.7. The van der Waals surface area contributed by atoms with Gasteiger partial charge in [-0.1, -0.05) is 41.9 Å². The molecule has 0 aliphatic heterocycles. The van der Waals surface area contributed by atoms with Crippen molar-refractivity contribution in [3.63, 3.8) is 0 Å². The first-order valence-electron chi connectivity index (χ1n) is 8.71. The van der Waals surface area contributed by atoms with Crippen LogP contribution in [0.5, 0.6) is 0 Å². The van der Waals surface area contributed by atoms with Crippen LogP contribution in [0, 0.1) is 0 Å². The first-order valence-corrected chi connectivity index (χ1v) is 10.7. The van der Waals surface area contributed by atoms with E-state index in [0.717, 1.165) is 21.7 Å². The van der Waals surface area contributed by atoms with Crippen molar-refractivity contribution in [1.29, 1.82) is 0 Å². The predicted octanol–water partition coefficient (Wildman–Crippen LogP) is 4.18. The van der Waals surface area contributed by atoms with Gasteiger partial charge in [-0.15, -0.1) is 0 Å². The van der Waals surface area contributed by atoms with E-state index in [9.17, 15) is 13.2 Å². The van der Waals surface area contributed by atoms with Gasteiger partial charge in [0.15, 0.2) is 9.84 Å². The maximum Gasteiger partial charge on any atom is 0.267 e. The molecule has 0 saturated carbocycles. The molecule has 3 aromatic carbocycles. The quantitative estimate of drug-likeness (QED) is 0.516. The van der Waals surface area contributed by atoms with Gasteiger partial charge in [0.2, 0.25) is 0 Å². The molecule has 0 fully saturated rings. The Morgan fingerprint density at radius 3 is 2.50 bits per heavy atom. The van der Waals surface area contributed by atoms with Gasteiger partial charge in [-0.3, -0.25) is 4.79 Å². The molecule has 7 heteroatoms. The highest BCUT2D eigenvalue weighted by atomic mass is 35.5. The number of sulfone groups is 1. The lowest BCUT2D eigenvalue weighted by Gasteiger charge is -2.06. The van der Waals surface area contributed by atoms with Gasteiger partial charge in [0.05, 0.1) is 10.6 Å². The normalized spacial score (nSPS) is 11.8. The summed E-state index contributed by atoms with van der Waals surface area (Å²) in [5.41, 5.74) is 1.26. The van der Waals surface area contributed by atoms with Gasteiger partial charge in [0.25, 0.3) is 5.91 Å². The highest BCUT2D eigenvalue weighted by Gasteiger charge is 2.16. The molecular formula is C21H17ClN2O3S. The SMILES string of the molecule is O=C(NCCS(=O)(=O)c1ccc(Cl)cc1)c1cc2c(ccc3ccccc32)[nH]1. The monoisotopic (exact) mass is 412 g/mol. The number of H-pyrrole nitrogens is 1. The molecule has 0 unspecified atom stereocenters. The lowest BCUT2D eigenvalue weighted by atomic mass is 10.1. The van der Waals surface area contributed by atoms with Gasteiger partial charge in [0.1, 0.15) is 5.69 Å². The number of nitrogens with one attached hydrogen (secondary N) is 2. The Morgan fingerprint density at radius 1 is 0.964 bits per heavy atom. The molecule has 0 atom stereocenters. The first-order chi connectivity index (χ1) is 13.4. The third-order valence-electron chi connectivity index (χ3n) is 4.60. The van der Waals surface area contributed by atoms with Crippen LogP contribution in [0.2, 0.25) is 5.02 Å². The molecule has 0 aliphatic carbocycles. The molecule has 142 valence electrons. The predicted molar refractivity (Wildman–Crippen MR) is 112 cm³/mol. The molecule has 1 aromatic heterocycles. The summed E-state index contributed by atoms with van der Waals surface area (Å²) >= 11 is 5.79. The standard InChI is InChI=1S/C21H17ClN2O3S/c22-15-6-8-16(9-7-15)28(26,27)12-11-23-21(25)20-13-18-17-4-2-1-3-14(17)5-10-19(18)24-20/h1-10,13,24H,11-12H2,(H,23,25). The summed E-state index contributed by atoms with van der Waals surface area (Å²) in [4.78, 5) is 15.7. The fourth-order valence-electron chi connectivity index (χ4n) is 3.16. The van der Waals surface area contributed by atoms with Crippen LogP contribution < -0.4 is 5.32 Å². The molecular weight excluding hydrogens is 396 g/mol. The summed E-state index contributed by atoms with van der Waals surface area (Å²) in [6.45, 7) is 0.0138. The number of hydrogen-bond acceptors (Lipinski definition) is 3. The summed E-state index contributed by atoms with van der Waals surface area (Å²) in [6, 6.07) is 19.6. The van der Waals surface area contributed by atoms with Crippen molar-refractivity contribution in [3.8, 4) is 0 Å². The summed E-state index contributed by atoms with van der Waals surface area (Å²) in [7, 11) is -3.49. The Morgan fingerprint density at radius 2 is 1.71 bits per heavy atom. The van der Waals surface area contributed by atoms with E-state index in [2.05, 4.69) is 10.3 Å². The Kier molecular flexibility index (Phi) is 4.83. The Bertz CT molecular complexity index is 1280. The largest absolute Gasteiger partial charge is 0.351 e. The van der Waals surface area contributed by atoms with Crippen LogP contribution in [0.25, 0.3) is 21.7 Å². The minimum absolute atomic E-state index is 0.0138. The number of carbonyl (C=O) groups is 1. The van der Waals surface area contributed by atoms with E-state index in [1.165, 1.54) is 24.3 Å². The highest BCUT2D eigenvalue weighted by Crippen LogP contribution is 2.25. The number of rotatable bonds is 5. The van der Waals surface area contributed by atoms with E-state index >= 15 is 0 Å². The fourth-order valence-corrected chi connectivity index (χ4v) is 4.45. The number of halogens is 1. The third kappa shape index (κ3) is 3.61. The highest BCUT2D eigenvalue weighted by molar-refractivity contribution is 7.91. The van der Waals surface area contributed by atoms with Gasteiger partial charge in [0, 0.05) is 22.5 Å². The maximum atomic E-state index is 12.5. The Labute approximate surface area is 167 Å². The summed E-state index contributed by atoms with van der Waals surface area (Å²) in [5, 5.41) is 6.25. The van der Waals surface area contributed by atoms with Crippen molar-refractivity contribution in [2.45, 2.75) is 4.90 Å². The molecule has 2 N–H and O–H groups in total. The number of fused-ring (bicyclic) bond motifs is 3. The van der Waals surface area contributed by atoms with Gasteiger partial charge >= 0.3 is 0 Å². The van der Waals surface area contributed by atoms with E-state index in [-0.39, 0.29) is 23.1 Å². The van der Waals surface area contributed by atoms with E-state index in [0.29, 0.717) is 10.7 Å². The van der Waals surface area contributed by atoms with Gasteiger partial charge in [-0.2, -0.15) is 0 Å². The number of benzene rings is 3. The van der Waals surface area contributed by atoms with Crippen molar-refractivity contribution in [2.75, 3.05) is 12.3 Å². The first kappa shape index (κ1) is 18.5. The topological polar surface area (TPSA) is 79.0 Å². The van der Waals surface area contributed by atoms with Crippen molar-refractivity contribution in [2.24, 2.45) is 0 Å². The van der Waals surface area contributed by atoms with Crippen LogP contribution in [0.1, 0.15) is 10.5 Å². The fraction of sp³-hybridized carbons (Fsp3) is 0.0952. The molecule has 5 nitrogen and oxygen atoms in total. The Balaban J connectivity index is 1.48. The zero-order valence-corrected chi connectivity index (χ0v) is 16.3. The lowest BCUT2D eigenvalue weighted by molar-refractivity contribution is 0.0952. The van der Waals surface area contributed by atoms with Gasteiger partial charge in [-0.25, -0.2) is 8.42 Å². The molecule has 0 aliphatic rings. The molecule has 0 saturated heterocycles. The van der Waals surface area contributed by atoms with E-state index in [1.807, 2.05) is 36.4 Å². The van der Waals surface area contributed by atoms with Crippen LogP contribution in [-0.2, 0) is 9.84 Å². The molecule has 0 radical (unpaired) electrons. The van der Waals surface area contributed by atoms with Crippen LogP contribution in [0.3, 0.4) is 0 Å². The molecule has 0 bridgehead atoms. The average molecular weight is 413 g/mol. The van der Waals surface area contributed by atoms with Crippen LogP contribution in [-0.4, -0.2) is 31.6 Å². The van der Waals surface area contributed by atoms with Crippen LogP contribution in [0.4, 0.5) is 0 Å². The van der Waals surface area contributed by atoms with Gasteiger partial charge < -0.3 is 10.3 Å². The van der Waals surface area contributed by atoms with E-state index in [4.69, 9.17) is 11.6 Å². The lowest BCUT2D eigenvalue weighted by Crippen LogP contribution is -2.29. The van der Waals surface area contributed by atoms with Crippen molar-refractivity contribution >= 4 is 49.0 Å². The molecule has 1 amide bonds. The summed E-state index contributed by atoms with van der Waals surface area (Å²) in [5.74, 6) is -0.532. The number of aromatic nitrogens is 1. The summed E-state index contributed by atoms with van der Waals surface area (Å²) in [6.07, 6.45) is 0. The number of carbonyl (C=O) groups excluding carboxylic acids is 1. The molecule has 4 rings (SSSR count). The van der Waals surface area contributed by atoms with Crippen LogP contribution in [0.15, 0.2) is 71.6 Å². The van der Waals surface area contributed by atoms with Crippen LogP contribution >= 0.6 is 11.6 Å². The second-order valence-corrected chi connectivity index (χ2v) is 9.01. The molecule has 0 spiro atoms. The second kappa shape index (κ2) is 7.30. The maximum absolute atomic E-state index is 12.5. The second-order valence-electron chi connectivity index (χ2n) is 6.46. The number of amides is 1. The molecule has 4 aromatic rings. The zero-order valence-electron chi connectivity index (χ0n) is 14.8. The van der Waals surface area contributed by atoms with Crippen molar-refractivity contribution in [3.05, 3.63) is 77.4 Å². The average Bonchev–Trinajstić information content (AvgIpc) is 3.13. The van der Waals surface area contributed by atoms with E-state index < -0.39 is 9.84 Å². The Hall–Kier alpha value is -2.83. The van der Waals surface area contributed by atoms with Crippen molar-refractivity contribution < 1.29 is 13.2 Å². The number of aromatic amines is 1. The van der Waals surface area contributed by atoms with Crippen molar-refractivity contribution in [1.82, 2.24) is 10.3 Å². The third-order valence-corrected chi connectivity index (χ3v) is 6.59. The van der Waals surface area contributed by atoms with E-state index in [1.54, 1.807) is 6.07 Å². The molecule has 1 heterocycles. The van der Waals surface area contributed by atoms with Gasteiger partial charge in [-0.05, 0) is 47.2 Å². The molecule has 28 heavy (non-hydrogen) atoms. The number of hydrogen-bond donors (Lipinski definition) is 2. The zero-order chi connectivity index (χ0) is 19.7.